The van der Waals surface area contributed by atoms with Crippen LogP contribution in [0.15, 0.2) is 54.6 Å². The largest absolute Gasteiger partial charge is 0.465 e. The lowest BCUT2D eigenvalue weighted by Gasteiger charge is -2.35. The number of benzene rings is 2. The minimum absolute atomic E-state index is 0.153. The van der Waals surface area contributed by atoms with E-state index < -0.39 is 12.0 Å². The van der Waals surface area contributed by atoms with Crippen LogP contribution >= 0.6 is 0 Å². The molecule has 1 heterocycles. The Hall–Kier alpha value is -3.15. The lowest BCUT2D eigenvalue weighted by molar-refractivity contribution is -0.127. The highest BCUT2D eigenvalue weighted by Crippen LogP contribution is 2.16. The van der Waals surface area contributed by atoms with Gasteiger partial charge in [-0.2, -0.15) is 0 Å². The summed E-state index contributed by atoms with van der Waals surface area (Å²) in [7, 11) is 1.31. The van der Waals surface area contributed by atoms with Crippen LogP contribution in [0, 0.1) is 0 Å². The molecule has 0 aliphatic carbocycles. The Morgan fingerprint density at radius 2 is 1.73 bits per heavy atom. The van der Waals surface area contributed by atoms with Crippen molar-refractivity contribution in [1.82, 2.24) is 10.2 Å². The van der Waals surface area contributed by atoms with Crippen molar-refractivity contribution < 1.29 is 19.1 Å². The van der Waals surface area contributed by atoms with Gasteiger partial charge in [0.1, 0.15) is 6.04 Å². The first-order valence-corrected chi connectivity index (χ1v) is 8.41. The zero-order valence-electron chi connectivity index (χ0n) is 14.5. The summed E-state index contributed by atoms with van der Waals surface area (Å²) >= 11 is 0. The molecule has 0 radical (unpaired) electrons. The second-order valence-electron chi connectivity index (χ2n) is 6.06. The molecule has 3 rings (SSSR count). The van der Waals surface area contributed by atoms with Gasteiger partial charge in [0, 0.05) is 25.1 Å². The van der Waals surface area contributed by atoms with Crippen molar-refractivity contribution >= 4 is 17.8 Å². The Kier molecular flexibility index (Phi) is 5.31. The van der Waals surface area contributed by atoms with Crippen LogP contribution in [0.5, 0.6) is 0 Å². The predicted molar refractivity (Wildman–Crippen MR) is 95.8 cm³/mol. The van der Waals surface area contributed by atoms with E-state index in [4.69, 9.17) is 0 Å². The molecule has 0 bridgehead atoms. The molecule has 1 fully saturated rings. The van der Waals surface area contributed by atoms with Crippen LogP contribution in [0.25, 0.3) is 0 Å². The van der Waals surface area contributed by atoms with E-state index in [1.807, 2.05) is 30.3 Å². The van der Waals surface area contributed by atoms with Crippen molar-refractivity contribution in [2.45, 2.75) is 12.5 Å². The highest BCUT2D eigenvalue weighted by atomic mass is 16.5. The van der Waals surface area contributed by atoms with Gasteiger partial charge in [0.15, 0.2) is 0 Å². The van der Waals surface area contributed by atoms with Crippen LogP contribution < -0.4 is 5.32 Å². The first-order chi connectivity index (χ1) is 12.6. The van der Waals surface area contributed by atoms with Gasteiger partial charge in [0.05, 0.1) is 12.7 Å². The average molecular weight is 352 g/mol. The number of esters is 1. The quantitative estimate of drug-likeness (QED) is 0.849. The summed E-state index contributed by atoms with van der Waals surface area (Å²) in [5, 5.41) is 2.83. The summed E-state index contributed by atoms with van der Waals surface area (Å²) in [6.07, 6.45) is 0.457. The Morgan fingerprint density at radius 1 is 1.08 bits per heavy atom. The van der Waals surface area contributed by atoms with Crippen molar-refractivity contribution in [2.24, 2.45) is 0 Å². The van der Waals surface area contributed by atoms with Gasteiger partial charge < -0.3 is 15.0 Å². The molecule has 134 valence electrons. The number of nitrogens with one attached hydrogen (secondary N) is 1. The Balaban J connectivity index is 1.81. The minimum Gasteiger partial charge on any atom is -0.465 e. The molecule has 0 aromatic heterocycles. The zero-order chi connectivity index (χ0) is 18.5. The van der Waals surface area contributed by atoms with Gasteiger partial charge in [-0.3, -0.25) is 9.59 Å². The Morgan fingerprint density at radius 3 is 2.38 bits per heavy atom. The molecular weight excluding hydrogens is 332 g/mol. The number of carbonyl (C=O) groups is 3. The maximum atomic E-state index is 12.9. The zero-order valence-corrected chi connectivity index (χ0v) is 14.5. The van der Waals surface area contributed by atoms with E-state index in [1.165, 1.54) is 7.11 Å². The molecule has 6 nitrogen and oxygen atoms in total. The third-order valence-corrected chi connectivity index (χ3v) is 4.42. The molecule has 2 amide bonds. The molecule has 1 saturated heterocycles. The number of hydrogen-bond donors (Lipinski definition) is 1. The van der Waals surface area contributed by atoms with E-state index in [2.05, 4.69) is 10.1 Å². The fourth-order valence-electron chi connectivity index (χ4n) is 3.03. The number of carbonyl (C=O) groups excluding carboxylic acids is 3. The SMILES string of the molecule is COC(=O)c1ccc(C(=O)N2CCNC(=O)[C@@H]2Cc2ccccc2)cc1. The van der Waals surface area contributed by atoms with Crippen molar-refractivity contribution in [1.29, 1.82) is 0 Å². The molecule has 0 unspecified atom stereocenters. The summed E-state index contributed by atoms with van der Waals surface area (Å²) in [6.45, 7) is 0.872. The molecule has 1 atom stereocenters. The number of rotatable bonds is 4. The Bertz CT molecular complexity index is 802. The van der Waals surface area contributed by atoms with E-state index in [1.54, 1.807) is 29.2 Å². The molecule has 26 heavy (non-hydrogen) atoms. The number of ether oxygens (including phenoxy) is 1. The van der Waals surface area contributed by atoms with E-state index >= 15 is 0 Å². The first kappa shape index (κ1) is 17.7. The maximum Gasteiger partial charge on any atom is 0.337 e. The van der Waals surface area contributed by atoms with Gasteiger partial charge in [0.25, 0.3) is 5.91 Å². The van der Waals surface area contributed by atoms with Crippen LogP contribution in [0.4, 0.5) is 0 Å². The minimum atomic E-state index is -0.557. The molecule has 1 aliphatic rings. The molecule has 1 aliphatic heterocycles. The monoisotopic (exact) mass is 352 g/mol. The fraction of sp³-hybridized carbons (Fsp3) is 0.250. The van der Waals surface area contributed by atoms with Gasteiger partial charge in [-0.15, -0.1) is 0 Å². The summed E-state index contributed by atoms with van der Waals surface area (Å²) < 4.78 is 4.66. The second kappa shape index (κ2) is 7.82. The standard InChI is InChI=1S/C20H20N2O4/c1-26-20(25)16-9-7-15(8-10-16)19(24)22-12-11-21-18(23)17(22)13-14-5-3-2-4-6-14/h2-10,17H,11-13H2,1H3,(H,21,23)/t17-/m0/s1. The highest BCUT2D eigenvalue weighted by molar-refractivity contribution is 5.99. The third-order valence-electron chi connectivity index (χ3n) is 4.42. The predicted octanol–water partition coefficient (Wildman–Crippen LogP) is 1.66. The lowest BCUT2D eigenvalue weighted by atomic mass is 10.0. The van der Waals surface area contributed by atoms with Crippen molar-refractivity contribution in [2.75, 3.05) is 20.2 Å². The van der Waals surface area contributed by atoms with Gasteiger partial charge in [-0.05, 0) is 29.8 Å². The maximum absolute atomic E-state index is 12.9. The molecule has 2 aromatic rings. The molecule has 0 saturated carbocycles. The first-order valence-electron chi connectivity index (χ1n) is 8.41. The molecule has 0 spiro atoms. The topological polar surface area (TPSA) is 75.7 Å². The average Bonchev–Trinajstić information content (AvgIpc) is 2.69. The summed E-state index contributed by atoms with van der Waals surface area (Å²) in [5.74, 6) is -0.833. The summed E-state index contributed by atoms with van der Waals surface area (Å²) in [4.78, 5) is 38.4. The number of piperazine rings is 1. The fourth-order valence-corrected chi connectivity index (χ4v) is 3.03. The van der Waals surface area contributed by atoms with E-state index in [0.717, 1.165) is 5.56 Å². The number of amides is 2. The van der Waals surface area contributed by atoms with Crippen LogP contribution in [0.2, 0.25) is 0 Å². The van der Waals surface area contributed by atoms with Crippen molar-refractivity contribution in [3.05, 3.63) is 71.3 Å². The van der Waals surface area contributed by atoms with Gasteiger partial charge in [-0.25, -0.2) is 4.79 Å². The van der Waals surface area contributed by atoms with Crippen LogP contribution in [0.1, 0.15) is 26.3 Å². The number of methoxy groups -OCH3 is 1. The van der Waals surface area contributed by atoms with Crippen molar-refractivity contribution in [3.8, 4) is 0 Å². The number of hydrogen-bond acceptors (Lipinski definition) is 4. The van der Waals surface area contributed by atoms with Crippen molar-refractivity contribution in [3.63, 3.8) is 0 Å². The van der Waals surface area contributed by atoms with E-state index in [0.29, 0.717) is 30.6 Å². The molecule has 2 aromatic carbocycles. The van der Waals surface area contributed by atoms with Gasteiger partial charge >= 0.3 is 5.97 Å². The second-order valence-corrected chi connectivity index (χ2v) is 6.06. The highest BCUT2D eigenvalue weighted by Gasteiger charge is 2.33. The molecular formula is C20H20N2O4. The van der Waals surface area contributed by atoms with Gasteiger partial charge in [0.2, 0.25) is 5.91 Å². The third kappa shape index (κ3) is 3.74. The summed E-state index contributed by atoms with van der Waals surface area (Å²) in [5.41, 5.74) is 1.81. The van der Waals surface area contributed by atoms with Crippen LogP contribution in [-0.2, 0) is 16.0 Å². The van der Waals surface area contributed by atoms with Crippen LogP contribution in [-0.4, -0.2) is 48.9 Å². The Labute approximate surface area is 151 Å². The summed E-state index contributed by atoms with van der Waals surface area (Å²) in [6, 6.07) is 15.3. The lowest BCUT2D eigenvalue weighted by Crippen LogP contribution is -2.58. The van der Waals surface area contributed by atoms with E-state index in [9.17, 15) is 14.4 Å². The number of nitrogens with zero attached hydrogens (tertiary/aromatic N) is 1. The molecule has 6 heteroatoms. The normalized spacial score (nSPS) is 16.7. The molecule has 1 N–H and O–H groups in total. The van der Waals surface area contributed by atoms with Crippen LogP contribution in [0.3, 0.4) is 0 Å². The van der Waals surface area contributed by atoms with Gasteiger partial charge in [-0.1, -0.05) is 30.3 Å². The smallest absolute Gasteiger partial charge is 0.337 e. The van der Waals surface area contributed by atoms with E-state index in [-0.39, 0.29) is 11.8 Å².